The first-order chi connectivity index (χ1) is 8.93. The van der Waals surface area contributed by atoms with Gasteiger partial charge in [-0.05, 0) is 19.9 Å². The summed E-state index contributed by atoms with van der Waals surface area (Å²) in [5.41, 5.74) is -0.888. The lowest BCUT2D eigenvalue weighted by Gasteiger charge is -2.13. The number of nitrogens with one attached hydrogen (secondary N) is 1. The summed E-state index contributed by atoms with van der Waals surface area (Å²) in [6.07, 6.45) is 0. The highest BCUT2D eigenvalue weighted by Gasteiger charge is 2.21. The smallest absolute Gasteiger partial charge is 0.294 e. The number of aromatic hydroxyl groups is 1. The maximum atomic E-state index is 12.1. The van der Waals surface area contributed by atoms with Crippen LogP contribution in [0.15, 0.2) is 29.1 Å². The van der Waals surface area contributed by atoms with Gasteiger partial charge in [-0.3, -0.25) is 9.59 Å². The van der Waals surface area contributed by atoms with E-state index in [-0.39, 0.29) is 21.7 Å². The van der Waals surface area contributed by atoms with E-state index >= 15 is 0 Å². The molecule has 0 bridgehead atoms. The van der Waals surface area contributed by atoms with Gasteiger partial charge in [-0.2, -0.15) is 0 Å². The highest BCUT2D eigenvalue weighted by molar-refractivity contribution is 6.08. The third-order valence-corrected chi connectivity index (χ3v) is 2.69. The van der Waals surface area contributed by atoms with Gasteiger partial charge in [-0.1, -0.05) is 18.2 Å². The Labute approximate surface area is 108 Å². The molecule has 2 rings (SSSR count). The van der Waals surface area contributed by atoms with Crippen LogP contribution in [0.3, 0.4) is 0 Å². The molecule has 1 aromatic carbocycles. The van der Waals surface area contributed by atoms with Crippen molar-refractivity contribution in [2.75, 3.05) is 0 Å². The number of aromatic nitrogens is 1. The number of carbonyl (C=O) groups is 1. The first-order valence-corrected chi connectivity index (χ1v) is 5.80. The SMILES string of the molecule is CC(C)NC(=O)c1c(O)n(O)c(=O)c2ccccc12. The van der Waals surface area contributed by atoms with Crippen LogP contribution in [-0.4, -0.2) is 27.0 Å². The lowest BCUT2D eigenvalue weighted by Crippen LogP contribution is -2.32. The molecule has 0 aliphatic carbocycles. The molecule has 100 valence electrons. The van der Waals surface area contributed by atoms with Crippen LogP contribution in [0.4, 0.5) is 0 Å². The van der Waals surface area contributed by atoms with Crippen LogP contribution in [0, 0.1) is 0 Å². The molecule has 0 fully saturated rings. The fourth-order valence-electron chi connectivity index (χ4n) is 1.88. The summed E-state index contributed by atoms with van der Waals surface area (Å²) in [6.45, 7) is 3.54. The minimum Gasteiger partial charge on any atom is -0.492 e. The normalized spacial score (nSPS) is 10.9. The van der Waals surface area contributed by atoms with Crippen LogP contribution in [0.2, 0.25) is 0 Å². The number of hydrogen-bond acceptors (Lipinski definition) is 4. The van der Waals surface area contributed by atoms with Gasteiger partial charge in [0.05, 0.1) is 5.39 Å². The number of benzene rings is 1. The predicted octanol–water partition coefficient (Wildman–Crippen LogP) is 1.08. The Hall–Kier alpha value is -2.50. The molecule has 0 unspecified atom stereocenters. The molecule has 0 spiro atoms. The van der Waals surface area contributed by atoms with Crippen molar-refractivity contribution in [1.82, 2.24) is 10.0 Å². The lowest BCUT2D eigenvalue weighted by atomic mass is 10.1. The molecule has 6 nitrogen and oxygen atoms in total. The zero-order valence-electron chi connectivity index (χ0n) is 10.5. The second kappa shape index (κ2) is 4.64. The molecule has 2 aromatic rings. The third kappa shape index (κ3) is 2.12. The van der Waals surface area contributed by atoms with Gasteiger partial charge in [0.2, 0.25) is 5.88 Å². The summed E-state index contributed by atoms with van der Waals surface area (Å²) in [7, 11) is 0. The van der Waals surface area contributed by atoms with Crippen LogP contribution >= 0.6 is 0 Å². The molecule has 1 amide bonds. The Morgan fingerprint density at radius 3 is 2.42 bits per heavy atom. The minimum atomic E-state index is -0.769. The molecular weight excluding hydrogens is 248 g/mol. The van der Waals surface area contributed by atoms with Gasteiger partial charge in [-0.15, -0.1) is 4.73 Å². The van der Waals surface area contributed by atoms with Gasteiger partial charge in [0, 0.05) is 11.4 Å². The first-order valence-electron chi connectivity index (χ1n) is 5.80. The van der Waals surface area contributed by atoms with Gasteiger partial charge >= 0.3 is 0 Å². The molecule has 0 aliphatic heterocycles. The number of carbonyl (C=O) groups excluding carboxylic acids is 1. The predicted molar refractivity (Wildman–Crippen MR) is 69.7 cm³/mol. The monoisotopic (exact) mass is 262 g/mol. The standard InChI is InChI=1S/C13H14N2O4/c1-7(2)14-11(16)10-8-5-3-4-6-9(8)12(17)15(19)13(10)18/h3-7,18-19H,1-2H3,(H,14,16). The van der Waals surface area contributed by atoms with Crippen molar-refractivity contribution in [3.05, 3.63) is 40.2 Å². The molecule has 0 saturated carbocycles. The molecule has 3 N–H and O–H groups in total. The number of amides is 1. The van der Waals surface area contributed by atoms with E-state index in [2.05, 4.69) is 5.32 Å². The van der Waals surface area contributed by atoms with Gasteiger partial charge < -0.3 is 15.6 Å². The Morgan fingerprint density at radius 1 is 1.26 bits per heavy atom. The van der Waals surface area contributed by atoms with Crippen molar-refractivity contribution in [2.24, 2.45) is 0 Å². The Balaban J connectivity index is 2.80. The molecule has 6 heteroatoms. The maximum absolute atomic E-state index is 12.1. The van der Waals surface area contributed by atoms with E-state index < -0.39 is 17.3 Å². The highest BCUT2D eigenvalue weighted by Crippen LogP contribution is 2.23. The first kappa shape index (κ1) is 12.9. The molecule has 19 heavy (non-hydrogen) atoms. The Morgan fingerprint density at radius 2 is 1.84 bits per heavy atom. The topological polar surface area (TPSA) is 91.6 Å². The van der Waals surface area contributed by atoms with E-state index in [9.17, 15) is 19.9 Å². The second-order valence-electron chi connectivity index (χ2n) is 4.49. The number of fused-ring (bicyclic) bond motifs is 1. The molecule has 0 atom stereocenters. The van der Waals surface area contributed by atoms with E-state index in [1.54, 1.807) is 32.0 Å². The zero-order chi connectivity index (χ0) is 14.2. The number of nitrogens with zero attached hydrogens (tertiary/aromatic N) is 1. The third-order valence-electron chi connectivity index (χ3n) is 2.69. The molecule has 0 saturated heterocycles. The van der Waals surface area contributed by atoms with Gasteiger partial charge in [0.15, 0.2) is 0 Å². The van der Waals surface area contributed by atoms with Gasteiger partial charge in [0.25, 0.3) is 11.5 Å². The van der Waals surface area contributed by atoms with Crippen molar-refractivity contribution >= 4 is 16.7 Å². The summed E-state index contributed by atoms with van der Waals surface area (Å²) in [4.78, 5) is 23.8. The number of pyridine rings is 1. The van der Waals surface area contributed by atoms with Crippen LogP contribution in [0.5, 0.6) is 5.88 Å². The maximum Gasteiger partial charge on any atom is 0.294 e. The summed E-state index contributed by atoms with van der Waals surface area (Å²) < 4.78 is 0.0809. The number of rotatable bonds is 2. The Kier molecular flexibility index (Phi) is 3.16. The fourth-order valence-corrected chi connectivity index (χ4v) is 1.88. The van der Waals surface area contributed by atoms with E-state index in [1.165, 1.54) is 6.07 Å². The van der Waals surface area contributed by atoms with Crippen molar-refractivity contribution in [3.63, 3.8) is 0 Å². The molecule has 1 aromatic heterocycles. The minimum absolute atomic E-state index is 0.0809. The highest BCUT2D eigenvalue weighted by atomic mass is 16.5. The molecule has 0 radical (unpaired) electrons. The van der Waals surface area contributed by atoms with Gasteiger partial charge in [-0.25, -0.2) is 0 Å². The summed E-state index contributed by atoms with van der Waals surface area (Å²) in [5, 5.41) is 22.4. The quantitative estimate of drug-likeness (QED) is 0.706. The molecule has 1 heterocycles. The summed E-state index contributed by atoms with van der Waals surface area (Å²) in [6, 6.07) is 6.16. The van der Waals surface area contributed by atoms with E-state index in [0.717, 1.165) is 0 Å². The van der Waals surface area contributed by atoms with E-state index in [1.807, 2.05) is 0 Å². The zero-order valence-corrected chi connectivity index (χ0v) is 10.5. The van der Waals surface area contributed by atoms with Crippen LogP contribution in [0.25, 0.3) is 10.8 Å². The van der Waals surface area contributed by atoms with Crippen molar-refractivity contribution in [3.8, 4) is 5.88 Å². The van der Waals surface area contributed by atoms with Crippen LogP contribution in [0.1, 0.15) is 24.2 Å². The van der Waals surface area contributed by atoms with E-state index in [4.69, 9.17) is 0 Å². The fraction of sp³-hybridized carbons (Fsp3) is 0.231. The van der Waals surface area contributed by atoms with Crippen molar-refractivity contribution < 1.29 is 15.1 Å². The van der Waals surface area contributed by atoms with Crippen LogP contribution < -0.4 is 10.9 Å². The number of hydrogen-bond donors (Lipinski definition) is 3. The second-order valence-corrected chi connectivity index (χ2v) is 4.49. The van der Waals surface area contributed by atoms with Crippen LogP contribution in [-0.2, 0) is 0 Å². The largest absolute Gasteiger partial charge is 0.492 e. The summed E-state index contributed by atoms with van der Waals surface area (Å²) in [5.74, 6) is -1.31. The molecule has 0 aliphatic rings. The van der Waals surface area contributed by atoms with Crippen molar-refractivity contribution in [2.45, 2.75) is 19.9 Å². The molecular formula is C13H14N2O4. The Bertz CT molecular complexity index is 704. The van der Waals surface area contributed by atoms with E-state index in [0.29, 0.717) is 5.39 Å². The average molecular weight is 262 g/mol. The average Bonchev–Trinajstić information content (AvgIpc) is 2.35. The van der Waals surface area contributed by atoms with Crippen molar-refractivity contribution in [1.29, 1.82) is 0 Å². The lowest BCUT2D eigenvalue weighted by molar-refractivity contribution is 0.0927. The van der Waals surface area contributed by atoms with Gasteiger partial charge in [0.1, 0.15) is 5.56 Å². The summed E-state index contributed by atoms with van der Waals surface area (Å²) >= 11 is 0.